The molecule has 0 radical (unpaired) electrons. The van der Waals surface area contributed by atoms with Crippen molar-refractivity contribution in [3.05, 3.63) is 175 Å². The molecule has 1 aromatic heterocycles. The van der Waals surface area contributed by atoms with Gasteiger partial charge in [0.2, 0.25) is 0 Å². The van der Waals surface area contributed by atoms with Crippen LogP contribution >= 0.6 is 0 Å². The summed E-state index contributed by atoms with van der Waals surface area (Å²) < 4.78 is 15.8. The highest BCUT2D eigenvalue weighted by Crippen LogP contribution is 2.46. The Morgan fingerprint density at radius 2 is 1.10 bits per heavy atom. The summed E-state index contributed by atoms with van der Waals surface area (Å²) >= 11 is 0. The Labute approximate surface area is 301 Å². The van der Waals surface area contributed by atoms with E-state index in [-0.39, 0.29) is 6.71 Å². The van der Waals surface area contributed by atoms with E-state index in [1.807, 2.05) is 6.07 Å². The molecular weight excluding hydrogens is 635 g/mol. The van der Waals surface area contributed by atoms with E-state index in [1.54, 1.807) is 0 Å². The van der Waals surface area contributed by atoms with Crippen molar-refractivity contribution >= 4 is 72.7 Å². The normalized spacial score (nSPS) is 12.6. The number of rotatable bonds is 4. The van der Waals surface area contributed by atoms with Crippen molar-refractivity contribution in [2.24, 2.45) is 0 Å². The molecule has 52 heavy (non-hydrogen) atoms. The molecule has 0 atom stereocenters. The van der Waals surface area contributed by atoms with Gasteiger partial charge in [-0.3, -0.25) is 0 Å². The summed E-state index contributed by atoms with van der Waals surface area (Å²) in [5.74, 6) is 3.48. The molecule has 0 saturated carbocycles. The van der Waals surface area contributed by atoms with E-state index in [9.17, 15) is 0 Å². The van der Waals surface area contributed by atoms with Crippen molar-refractivity contribution in [2.45, 2.75) is 6.92 Å². The number of ether oxygens (including phenoxy) is 2. The minimum Gasteiger partial charge on any atom is -0.458 e. The Hall–Kier alpha value is -6.72. The molecule has 0 N–H and O–H groups in total. The monoisotopic (exact) mass is 666 g/mol. The zero-order valence-electron chi connectivity index (χ0n) is 28.5. The minimum atomic E-state index is -0.0239. The van der Waals surface area contributed by atoms with Gasteiger partial charge in [0.05, 0.1) is 16.7 Å². The number of nitrogens with zero attached hydrogens (tertiary/aromatic N) is 2. The number of fused-ring (bicyclic) bond motifs is 9. The van der Waals surface area contributed by atoms with E-state index < -0.39 is 0 Å². The number of hydrogen-bond acceptors (Lipinski definition) is 3. The molecule has 0 aliphatic carbocycles. The molecule has 0 fully saturated rings. The van der Waals surface area contributed by atoms with Crippen molar-refractivity contribution in [3.63, 3.8) is 0 Å². The molecule has 2 aliphatic rings. The summed E-state index contributed by atoms with van der Waals surface area (Å²) in [6, 6.07) is 60.6. The van der Waals surface area contributed by atoms with Crippen molar-refractivity contribution in [2.75, 3.05) is 4.90 Å². The summed E-state index contributed by atoms with van der Waals surface area (Å²) in [4.78, 5) is 2.38. The fraction of sp³-hybridized carbons (Fsp3) is 0.0213. The summed E-state index contributed by atoms with van der Waals surface area (Å²) in [5.41, 5.74) is 11.3. The van der Waals surface area contributed by atoms with Gasteiger partial charge in [-0.05, 0) is 96.0 Å². The third kappa shape index (κ3) is 4.23. The van der Waals surface area contributed by atoms with Crippen LogP contribution in [0.4, 0.5) is 17.1 Å². The van der Waals surface area contributed by atoms with Crippen LogP contribution in [-0.4, -0.2) is 11.3 Å². The third-order valence-electron chi connectivity index (χ3n) is 10.7. The minimum absolute atomic E-state index is 0.0239. The number of hydrogen-bond donors (Lipinski definition) is 0. The molecule has 0 bridgehead atoms. The third-order valence-corrected chi connectivity index (χ3v) is 10.7. The average Bonchev–Trinajstić information content (AvgIpc) is 3.51. The van der Waals surface area contributed by atoms with Crippen LogP contribution in [0.5, 0.6) is 23.0 Å². The largest absolute Gasteiger partial charge is 0.458 e. The summed E-state index contributed by atoms with van der Waals surface area (Å²) in [7, 11) is 0. The van der Waals surface area contributed by atoms with Gasteiger partial charge in [0.15, 0.2) is 0 Å². The molecule has 0 amide bonds. The molecule has 0 saturated heterocycles. The van der Waals surface area contributed by atoms with E-state index in [0.717, 1.165) is 73.1 Å². The molecule has 8 aromatic carbocycles. The number of aryl methyl sites for hydroxylation is 1. The first-order valence-electron chi connectivity index (χ1n) is 17.8. The second-order valence-corrected chi connectivity index (χ2v) is 13.8. The van der Waals surface area contributed by atoms with Crippen molar-refractivity contribution < 1.29 is 9.47 Å². The van der Waals surface area contributed by atoms with Gasteiger partial charge < -0.3 is 18.9 Å². The Morgan fingerprint density at radius 1 is 0.481 bits per heavy atom. The molecule has 11 rings (SSSR count). The SMILES string of the molecule is Cc1ccc2c(c1)B1c3cc4c(cc3Oc3cccc(c31)O2)c1c2ccccc2c(N(c2ccccc2)c2ccccc2)cc1n4-c1ccccc1. The molecule has 4 nitrogen and oxygen atoms in total. The molecule has 3 heterocycles. The topological polar surface area (TPSA) is 26.6 Å². The number of para-hydroxylation sites is 3. The Balaban J connectivity index is 1.27. The van der Waals surface area contributed by atoms with Gasteiger partial charge in [0, 0.05) is 38.7 Å². The van der Waals surface area contributed by atoms with Crippen LogP contribution in [0.3, 0.4) is 0 Å². The summed E-state index contributed by atoms with van der Waals surface area (Å²) in [5, 5.41) is 4.73. The fourth-order valence-electron chi connectivity index (χ4n) is 8.52. The van der Waals surface area contributed by atoms with Crippen molar-refractivity contribution in [1.82, 2.24) is 4.57 Å². The van der Waals surface area contributed by atoms with E-state index in [1.165, 1.54) is 27.2 Å². The predicted octanol–water partition coefficient (Wildman–Crippen LogP) is 10.4. The highest BCUT2D eigenvalue weighted by atomic mass is 16.5. The van der Waals surface area contributed by atoms with Crippen LogP contribution in [0, 0.1) is 6.92 Å². The van der Waals surface area contributed by atoms with E-state index in [0.29, 0.717) is 0 Å². The predicted molar refractivity (Wildman–Crippen MR) is 215 cm³/mol. The first-order chi connectivity index (χ1) is 25.7. The molecule has 2 aliphatic heterocycles. The lowest BCUT2D eigenvalue weighted by Gasteiger charge is -2.33. The molecule has 0 spiro atoms. The van der Waals surface area contributed by atoms with E-state index in [4.69, 9.17) is 9.47 Å². The highest BCUT2D eigenvalue weighted by molar-refractivity contribution is 6.98. The molecule has 5 heteroatoms. The second-order valence-electron chi connectivity index (χ2n) is 13.8. The molecule has 244 valence electrons. The van der Waals surface area contributed by atoms with Gasteiger partial charge in [0.25, 0.3) is 6.71 Å². The lowest BCUT2D eigenvalue weighted by Crippen LogP contribution is -2.57. The molecular formula is C47H31BN2O2. The van der Waals surface area contributed by atoms with Gasteiger partial charge in [-0.2, -0.15) is 0 Å². The molecule has 9 aromatic rings. The van der Waals surface area contributed by atoms with Crippen LogP contribution in [0.25, 0.3) is 38.3 Å². The number of aromatic nitrogens is 1. The maximum Gasteiger partial charge on any atom is 0.260 e. The maximum atomic E-state index is 6.83. The summed E-state index contributed by atoms with van der Waals surface area (Å²) in [6.45, 7) is 2.12. The van der Waals surface area contributed by atoms with Crippen LogP contribution in [0.15, 0.2) is 170 Å². The van der Waals surface area contributed by atoms with Crippen LogP contribution in [-0.2, 0) is 0 Å². The Kier molecular flexibility index (Phi) is 6.23. The zero-order valence-corrected chi connectivity index (χ0v) is 28.5. The average molecular weight is 667 g/mol. The quantitative estimate of drug-likeness (QED) is 0.175. The highest BCUT2D eigenvalue weighted by Gasteiger charge is 2.40. The smallest absolute Gasteiger partial charge is 0.260 e. The molecule has 0 unspecified atom stereocenters. The summed E-state index contributed by atoms with van der Waals surface area (Å²) in [6.07, 6.45) is 0. The maximum absolute atomic E-state index is 6.83. The zero-order chi connectivity index (χ0) is 34.3. The number of benzene rings is 8. The van der Waals surface area contributed by atoms with Gasteiger partial charge in [0.1, 0.15) is 23.0 Å². The lowest BCUT2D eigenvalue weighted by atomic mass is 9.34. The van der Waals surface area contributed by atoms with Crippen LogP contribution in [0.1, 0.15) is 5.56 Å². The number of anilines is 3. The van der Waals surface area contributed by atoms with Crippen LogP contribution < -0.4 is 30.8 Å². The Morgan fingerprint density at radius 3 is 1.81 bits per heavy atom. The van der Waals surface area contributed by atoms with E-state index >= 15 is 0 Å². The Bertz CT molecular complexity index is 2830. The second kappa shape index (κ2) is 11.1. The van der Waals surface area contributed by atoms with Gasteiger partial charge in [-0.15, -0.1) is 0 Å². The lowest BCUT2D eigenvalue weighted by molar-refractivity contribution is 0.465. The first-order valence-corrected chi connectivity index (χ1v) is 17.8. The van der Waals surface area contributed by atoms with Gasteiger partial charge in [-0.25, -0.2) is 0 Å². The van der Waals surface area contributed by atoms with Crippen molar-refractivity contribution in [3.8, 4) is 28.7 Å². The van der Waals surface area contributed by atoms with Gasteiger partial charge >= 0.3 is 0 Å². The van der Waals surface area contributed by atoms with Crippen LogP contribution in [0.2, 0.25) is 0 Å². The fourth-order valence-corrected chi connectivity index (χ4v) is 8.52. The first kappa shape index (κ1) is 29.1. The van der Waals surface area contributed by atoms with E-state index in [2.05, 4.69) is 180 Å². The standard InChI is InChI=1S/C47H31BN2O2/c1-30-24-25-42-37(26-30)48-38-28-39-36(27-45(38)52-44-23-13-22-43(51-42)47(44)48)46-35-21-12-11-20-34(35)40(29-41(46)50(39)33-18-9-4-10-19-33)49(31-14-5-2-6-15-31)32-16-7-3-8-17-32/h2-29H,1H3. The van der Waals surface area contributed by atoms with Crippen molar-refractivity contribution in [1.29, 1.82) is 0 Å². The van der Waals surface area contributed by atoms with Gasteiger partial charge in [-0.1, -0.05) is 103 Å².